The van der Waals surface area contributed by atoms with Gasteiger partial charge in [-0.1, -0.05) is 6.92 Å². The highest BCUT2D eigenvalue weighted by Crippen LogP contribution is 2.22. The summed E-state index contributed by atoms with van der Waals surface area (Å²) in [6, 6.07) is 5.93. The molecule has 2 aliphatic heterocycles. The SMILES string of the molecule is CCNS(=O)(=O)c1ccc(C(=O)N2CCCC(C(=O)N3CCOCC3)C2)cc1. The van der Waals surface area contributed by atoms with Crippen LogP contribution in [0.2, 0.25) is 0 Å². The number of nitrogens with one attached hydrogen (secondary N) is 1. The first-order valence-electron chi connectivity index (χ1n) is 9.68. The average Bonchev–Trinajstić information content (AvgIpc) is 2.73. The summed E-state index contributed by atoms with van der Waals surface area (Å²) < 4.78 is 31.8. The molecule has 0 radical (unpaired) electrons. The number of carbonyl (C=O) groups excluding carboxylic acids is 2. The molecule has 9 heteroatoms. The van der Waals surface area contributed by atoms with Crippen LogP contribution in [-0.4, -0.2) is 76.0 Å². The third kappa shape index (κ3) is 4.71. The quantitative estimate of drug-likeness (QED) is 0.772. The van der Waals surface area contributed by atoms with Crippen LogP contribution in [0.5, 0.6) is 0 Å². The van der Waals surface area contributed by atoms with Gasteiger partial charge in [-0.05, 0) is 37.1 Å². The number of carbonyl (C=O) groups is 2. The molecule has 1 atom stereocenters. The normalized spacial score (nSPS) is 20.8. The molecule has 2 amide bonds. The molecule has 154 valence electrons. The number of rotatable bonds is 5. The first-order valence-corrected chi connectivity index (χ1v) is 11.2. The summed E-state index contributed by atoms with van der Waals surface area (Å²) in [4.78, 5) is 29.2. The van der Waals surface area contributed by atoms with Crippen molar-refractivity contribution in [2.45, 2.75) is 24.7 Å². The lowest BCUT2D eigenvalue weighted by atomic mass is 9.95. The Bertz CT molecular complexity index is 803. The van der Waals surface area contributed by atoms with E-state index in [0.717, 1.165) is 12.8 Å². The predicted molar refractivity (Wildman–Crippen MR) is 103 cm³/mol. The number of sulfonamides is 1. The summed E-state index contributed by atoms with van der Waals surface area (Å²) in [6.45, 7) is 5.33. The van der Waals surface area contributed by atoms with E-state index in [9.17, 15) is 18.0 Å². The van der Waals surface area contributed by atoms with Crippen LogP contribution < -0.4 is 4.72 Å². The van der Waals surface area contributed by atoms with Crippen LogP contribution in [0.1, 0.15) is 30.1 Å². The van der Waals surface area contributed by atoms with E-state index in [4.69, 9.17) is 4.74 Å². The van der Waals surface area contributed by atoms with Crippen molar-refractivity contribution in [2.75, 3.05) is 45.9 Å². The number of likely N-dealkylation sites (tertiary alicyclic amines) is 1. The summed E-state index contributed by atoms with van der Waals surface area (Å²) in [5.41, 5.74) is 0.426. The molecule has 0 saturated carbocycles. The lowest BCUT2D eigenvalue weighted by Crippen LogP contribution is -2.49. The Morgan fingerprint density at radius 3 is 2.43 bits per heavy atom. The molecule has 2 fully saturated rings. The molecule has 1 aromatic rings. The molecule has 0 aliphatic carbocycles. The number of morpholine rings is 1. The highest BCUT2D eigenvalue weighted by atomic mass is 32.2. The van der Waals surface area contributed by atoms with Gasteiger partial charge in [-0.3, -0.25) is 9.59 Å². The monoisotopic (exact) mass is 409 g/mol. The highest BCUT2D eigenvalue weighted by molar-refractivity contribution is 7.89. The van der Waals surface area contributed by atoms with Crippen molar-refractivity contribution in [3.8, 4) is 0 Å². The zero-order chi connectivity index (χ0) is 20.1. The number of benzene rings is 1. The first-order chi connectivity index (χ1) is 13.4. The Morgan fingerprint density at radius 2 is 1.79 bits per heavy atom. The summed E-state index contributed by atoms with van der Waals surface area (Å²) in [7, 11) is -3.55. The maximum absolute atomic E-state index is 12.8. The van der Waals surface area contributed by atoms with E-state index in [1.54, 1.807) is 11.8 Å². The minimum Gasteiger partial charge on any atom is -0.378 e. The van der Waals surface area contributed by atoms with E-state index < -0.39 is 10.0 Å². The van der Waals surface area contributed by atoms with Crippen molar-refractivity contribution in [1.82, 2.24) is 14.5 Å². The molecule has 2 heterocycles. The third-order valence-corrected chi connectivity index (χ3v) is 6.69. The van der Waals surface area contributed by atoms with Gasteiger partial charge in [0.2, 0.25) is 15.9 Å². The molecule has 1 aromatic carbocycles. The van der Waals surface area contributed by atoms with E-state index >= 15 is 0 Å². The summed E-state index contributed by atoms with van der Waals surface area (Å²) >= 11 is 0. The Kier molecular flexibility index (Phi) is 6.69. The molecule has 1 N–H and O–H groups in total. The molecule has 0 aromatic heterocycles. The van der Waals surface area contributed by atoms with Crippen LogP contribution >= 0.6 is 0 Å². The van der Waals surface area contributed by atoms with Gasteiger partial charge in [0.1, 0.15) is 0 Å². The Morgan fingerprint density at radius 1 is 1.11 bits per heavy atom. The fourth-order valence-corrected chi connectivity index (χ4v) is 4.68. The van der Waals surface area contributed by atoms with Gasteiger partial charge >= 0.3 is 0 Å². The number of nitrogens with zero attached hydrogens (tertiary/aromatic N) is 2. The molecular formula is C19H27N3O5S. The van der Waals surface area contributed by atoms with E-state index in [2.05, 4.69) is 4.72 Å². The molecule has 1 unspecified atom stereocenters. The molecule has 0 spiro atoms. The van der Waals surface area contributed by atoms with Crippen LogP contribution in [-0.2, 0) is 19.6 Å². The van der Waals surface area contributed by atoms with Crippen molar-refractivity contribution in [3.05, 3.63) is 29.8 Å². The minimum absolute atomic E-state index is 0.0906. The van der Waals surface area contributed by atoms with Gasteiger partial charge in [0, 0.05) is 38.3 Å². The van der Waals surface area contributed by atoms with Crippen LogP contribution in [0.4, 0.5) is 0 Å². The van der Waals surface area contributed by atoms with Crippen LogP contribution in [0, 0.1) is 5.92 Å². The second-order valence-electron chi connectivity index (χ2n) is 7.05. The van der Waals surface area contributed by atoms with Crippen molar-refractivity contribution < 1.29 is 22.7 Å². The van der Waals surface area contributed by atoms with Gasteiger partial charge in [-0.15, -0.1) is 0 Å². The minimum atomic E-state index is -3.55. The van der Waals surface area contributed by atoms with Gasteiger partial charge in [-0.2, -0.15) is 0 Å². The van der Waals surface area contributed by atoms with Gasteiger partial charge in [0.15, 0.2) is 0 Å². The van der Waals surface area contributed by atoms with Gasteiger partial charge in [0.25, 0.3) is 5.91 Å². The largest absolute Gasteiger partial charge is 0.378 e. The Labute approximate surface area is 165 Å². The molecule has 8 nitrogen and oxygen atoms in total. The van der Waals surface area contributed by atoms with Gasteiger partial charge in [0.05, 0.1) is 24.0 Å². The predicted octanol–water partition coefficient (Wildman–Crippen LogP) is 0.696. The van der Waals surface area contributed by atoms with Crippen LogP contribution in [0.3, 0.4) is 0 Å². The van der Waals surface area contributed by atoms with Crippen molar-refractivity contribution in [2.24, 2.45) is 5.92 Å². The molecule has 0 bridgehead atoms. The van der Waals surface area contributed by atoms with E-state index in [-0.39, 0.29) is 22.6 Å². The lowest BCUT2D eigenvalue weighted by Gasteiger charge is -2.36. The number of amides is 2. The van der Waals surface area contributed by atoms with Crippen molar-refractivity contribution >= 4 is 21.8 Å². The highest BCUT2D eigenvalue weighted by Gasteiger charge is 2.32. The molecule has 2 saturated heterocycles. The smallest absolute Gasteiger partial charge is 0.253 e. The number of ether oxygens (including phenoxy) is 1. The maximum atomic E-state index is 12.8. The fraction of sp³-hybridized carbons (Fsp3) is 0.579. The Hall–Kier alpha value is -1.97. The van der Waals surface area contributed by atoms with Crippen LogP contribution in [0.25, 0.3) is 0 Å². The van der Waals surface area contributed by atoms with Crippen LogP contribution in [0.15, 0.2) is 29.2 Å². The second-order valence-corrected chi connectivity index (χ2v) is 8.82. The van der Waals surface area contributed by atoms with Crippen molar-refractivity contribution in [3.63, 3.8) is 0 Å². The third-order valence-electron chi connectivity index (χ3n) is 5.13. The standard InChI is InChI=1S/C19H27N3O5S/c1-2-20-28(25,26)17-7-5-15(6-8-17)18(23)22-9-3-4-16(14-22)19(24)21-10-12-27-13-11-21/h5-8,16,20H,2-4,9-14H2,1H3. The van der Waals surface area contributed by atoms with Crippen molar-refractivity contribution in [1.29, 1.82) is 0 Å². The van der Waals surface area contributed by atoms with E-state index in [1.807, 2.05) is 4.90 Å². The second kappa shape index (κ2) is 9.02. The Balaban J connectivity index is 1.66. The summed E-state index contributed by atoms with van der Waals surface area (Å²) in [6.07, 6.45) is 1.55. The van der Waals surface area contributed by atoms with Gasteiger partial charge < -0.3 is 14.5 Å². The zero-order valence-electron chi connectivity index (χ0n) is 16.1. The fourth-order valence-electron chi connectivity index (χ4n) is 3.64. The number of hydrogen-bond acceptors (Lipinski definition) is 5. The molecule has 3 rings (SSSR count). The van der Waals surface area contributed by atoms with E-state index in [1.165, 1.54) is 24.3 Å². The molecule has 2 aliphatic rings. The summed E-state index contributed by atoms with van der Waals surface area (Å²) in [5.74, 6) is -0.274. The maximum Gasteiger partial charge on any atom is 0.253 e. The van der Waals surface area contributed by atoms with Gasteiger partial charge in [-0.25, -0.2) is 13.1 Å². The summed E-state index contributed by atoms with van der Waals surface area (Å²) in [5, 5.41) is 0. The average molecular weight is 410 g/mol. The molecule has 28 heavy (non-hydrogen) atoms. The molecular weight excluding hydrogens is 382 g/mol. The lowest BCUT2D eigenvalue weighted by molar-refractivity contribution is -0.141. The number of piperidine rings is 1. The van der Waals surface area contributed by atoms with E-state index in [0.29, 0.717) is 51.5 Å². The topological polar surface area (TPSA) is 96.0 Å². The first kappa shape index (κ1) is 20.8. The zero-order valence-corrected chi connectivity index (χ0v) is 16.9. The number of hydrogen-bond donors (Lipinski definition) is 1.